The van der Waals surface area contributed by atoms with Crippen LogP contribution in [0.4, 0.5) is 0 Å². The van der Waals surface area contributed by atoms with E-state index >= 15 is 0 Å². The molecule has 0 fully saturated rings. The van der Waals surface area contributed by atoms with Gasteiger partial charge in [-0.1, -0.05) is 27.3 Å². The quantitative estimate of drug-likeness (QED) is 0.795. The summed E-state index contributed by atoms with van der Waals surface area (Å²) >= 11 is 7.27. The fourth-order valence-electron chi connectivity index (χ4n) is 1.11. The van der Waals surface area contributed by atoms with Crippen LogP contribution in [-0.4, -0.2) is 10.2 Å². The second-order valence-corrected chi connectivity index (χ2v) is 5.97. The summed E-state index contributed by atoms with van der Waals surface area (Å²) < 4.78 is 2.21. The Hall–Kier alpha value is -0.0500. The topological polar surface area (TPSA) is 51.8 Å². The number of nitrogens with two attached hydrogens (primary N) is 1. The summed E-state index contributed by atoms with van der Waals surface area (Å²) in [5.41, 5.74) is 6.61. The molecule has 1 aromatic carbocycles. The molecule has 1 heterocycles. The molecule has 0 atom stereocenters. The van der Waals surface area contributed by atoms with Gasteiger partial charge in [0.15, 0.2) is 0 Å². The first kappa shape index (κ1) is 11.4. The number of hydrogen-bond donors (Lipinski definition) is 1. The monoisotopic (exact) mass is 395 g/mol. The lowest BCUT2D eigenvalue weighted by Crippen LogP contribution is -1.94. The molecule has 0 unspecified atom stereocenters. The van der Waals surface area contributed by atoms with Crippen LogP contribution in [0.3, 0.4) is 0 Å². The van der Waals surface area contributed by atoms with Crippen LogP contribution in [0.2, 0.25) is 0 Å². The molecule has 78 valence electrons. The zero-order valence-corrected chi connectivity index (χ0v) is 12.1. The van der Waals surface area contributed by atoms with E-state index in [-0.39, 0.29) is 0 Å². The molecule has 6 heteroatoms. The summed E-state index contributed by atoms with van der Waals surface area (Å²) in [4.78, 5) is 0. The molecule has 0 spiro atoms. The van der Waals surface area contributed by atoms with Gasteiger partial charge in [0, 0.05) is 20.2 Å². The Bertz CT molecular complexity index is 486. The zero-order chi connectivity index (χ0) is 10.8. The SMILES string of the molecule is NCc1nnc(-c2cc(Br)ccc2I)s1. The van der Waals surface area contributed by atoms with E-state index in [1.807, 2.05) is 18.2 Å². The molecule has 0 aliphatic heterocycles. The predicted octanol–water partition coefficient (Wildman–Crippen LogP) is 3.03. The number of halogens is 2. The van der Waals surface area contributed by atoms with Crippen molar-refractivity contribution in [2.24, 2.45) is 5.73 Å². The predicted molar refractivity (Wildman–Crippen MR) is 73.7 cm³/mol. The Morgan fingerprint density at radius 1 is 1.40 bits per heavy atom. The van der Waals surface area contributed by atoms with E-state index in [1.165, 1.54) is 11.3 Å². The second-order valence-electron chi connectivity index (χ2n) is 2.83. The van der Waals surface area contributed by atoms with Crippen molar-refractivity contribution in [2.45, 2.75) is 6.54 Å². The number of nitrogens with zero attached hydrogens (tertiary/aromatic N) is 2. The van der Waals surface area contributed by atoms with E-state index in [9.17, 15) is 0 Å². The molecular weight excluding hydrogens is 389 g/mol. The highest BCUT2D eigenvalue weighted by Crippen LogP contribution is 2.30. The normalized spacial score (nSPS) is 10.6. The van der Waals surface area contributed by atoms with Gasteiger partial charge in [0.05, 0.1) is 0 Å². The van der Waals surface area contributed by atoms with E-state index in [2.05, 4.69) is 48.7 Å². The van der Waals surface area contributed by atoms with Crippen molar-refractivity contribution in [1.82, 2.24) is 10.2 Å². The van der Waals surface area contributed by atoms with Crippen molar-refractivity contribution in [3.63, 3.8) is 0 Å². The van der Waals surface area contributed by atoms with Crippen molar-refractivity contribution in [3.8, 4) is 10.6 Å². The van der Waals surface area contributed by atoms with Crippen molar-refractivity contribution < 1.29 is 0 Å². The highest BCUT2D eigenvalue weighted by molar-refractivity contribution is 14.1. The average Bonchev–Trinajstić information content (AvgIpc) is 2.70. The Morgan fingerprint density at radius 3 is 2.87 bits per heavy atom. The standard InChI is InChI=1S/C9H7BrIN3S/c10-5-1-2-7(11)6(3-5)9-14-13-8(4-12)15-9/h1-3H,4,12H2. The van der Waals surface area contributed by atoms with Gasteiger partial charge in [-0.15, -0.1) is 10.2 Å². The third-order valence-electron chi connectivity index (χ3n) is 1.80. The van der Waals surface area contributed by atoms with Gasteiger partial charge in [-0.3, -0.25) is 0 Å². The van der Waals surface area contributed by atoms with Gasteiger partial charge in [0.25, 0.3) is 0 Å². The first-order chi connectivity index (χ1) is 7.20. The summed E-state index contributed by atoms with van der Waals surface area (Å²) in [6.45, 7) is 0.447. The van der Waals surface area contributed by atoms with E-state index < -0.39 is 0 Å². The van der Waals surface area contributed by atoms with Gasteiger partial charge < -0.3 is 5.73 Å². The Labute approximate surface area is 113 Å². The van der Waals surface area contributed by atoms with Crippen LogP contribution in [0.1, 0.15) is 5.01 Å². The smallest absolute Gasteiger partial charge is 0.148 e. The van der Waals surface area contributed by atoms with Crippen molar-refractivity contribution in [2.75, 3.05) is 0 Å². The van der Waals surface area contributed by atoms with Crippen LogP contribution in [0.5, 0.6) is 0 Å². The maximum absolute atomic E-state index is 5.51. The number of aromatic nitrogens is 2. The zero-order valence-electron chi connectivity index (χ0n) is 7.58. The minimum absolute atomic E-state index is 0.447. The molecule has 0 amide bonds. The highest BCUT2D eigenvalue weighted by atomic mass is 127. The summed E-state index contributed by atoms with van der Waals surface area (Å²) in [6, 6.07) is 6.10. The van der Waals surface area contributed by atoms with Gasteiger partial charge in [0.1, 0.15) is 10.0 Å². The first-order valence-electron chi connectivity index (χ1n) is 4.18. The lowest BCUT2D eigenvalue weighted by atomic mass is 10.2. The number of benzene rings is 1. The van der Waals surface area contributed by atoms with Crippen LogP contribution in [-0.2, 0) is 6.54 Å². The van der Waals surface area contributed by atoms with Crippen LogP contribution in [0, 0.1) is 3.57 Å². The van der Waals surface area contributed by atoms with Crippen molar-refractivity contribution in [3.05, 3.63) is 31.2 Å². The van der Waals surface area contributed by atoms with E-state index in [0.29, 0.717) is 6.54 Å². The molecule has 3 nitrogen and oxygen atoms in total. The molecule has 2 N–H and O–H groups in total. The van der Waals surface area contributed by atoms with Gasteiger partial charge in [-0.25, -0.2) is 0 Å². The lowest BCUT2D eigenvalue weighted by molar-refractivity contribution is 0.960. The van der Waals surface area contributed by atoms with Gasteiger partial charge in [0.2, 0.25) is 0 Å². The molecule has 0 saturated carbocycles. The van der Waals surface area contributed by atoms with Crippen molar-refractivity contribution in [1.29, 1.82) is 0 Å². The summed E-state index contributed by atoms with van der Waals surface area (Å²) in [7, 11) is 0. The molecule has 0 bridgehead atoms. The molecule has 0 radical (unpaired) electrons. The van der Waals surface area contributed by atoms with Crippen LogP contribution < -0.4 is 5.73 Å². The highest BCUT2D eigenvalue weighted by Gasteiger charge is 2.09. The molecule has 15 heavy (non-hydrogen) atoms. The number of rotatable bonds is 2. The Balaban J connectivity index is 2.48. The third kappa shape index (κ3) is 2.55. The fourth-order valence-corrected chi connectivity index (χ4v) is 2.99. The largest absolute Gasteiger partial charge is 0.324 e. The number of hydrogen-bond acceptors (Lipinski definition) is 4. The van der Waals surface area contributed by atoms with E-state index in [0.717, 1.165) is 23.6 Å². The third-order valence-corrected chi connectivity index (χ3v) is 4.21. The summed E-state index contributed by atoms with van der Waals surface area (Å²) in [5, 5.41) is 9.91. The lowest BCUT2D eigenvalue weighted by Gasteiger charge is -1.99. The molecule has 2 rings (SSSR count). The van der Waals surface area contributed by atoms with Crippen LogP contribution in [0.15, 0.2) is 22.7 Å². The molecular formula is C9H7BrIN3S. The molecule has 1 aromatic heterocycles. The maximum atomic E-state index is 5.51. The minimum Gasteiger partial charge on any atom is -0.324 e. The van der Waals surface area contributed by atoms with E-state index in [4.69, 9.17) is 5.73 Å². The Morgan fingerprint density at radius 2 is 2.20 bits per heavy atom. The van der Waals surface area contributed by atoms with E-state index in [1.54, 1.807) is 0 Å². The molecule has 2 aromatic rings. The van der Waals surface area contributed by atoms with Crippen LogP contribution >= 0.6 is 49.9 Å². The fraction of sp³-hybridized carbons (Fsp3) is 0.111. The van der Waals surface area contributed by atoms with Crippen LogP contribution in [0.25, 0.3) is 10.6 Å². The summed E-state index contributed by atoms with van der Waals surface area (Å²) in [5.74, 6) is 0. The molecule has 0 aliphatic rings. The maximum Gasteiger partial charge on any atom is 0.148 e. The first-order valence-corrected chi connectivity index (χ1v) is 6.87. The van der Waals surface area contributed by atoms with Gasteiger partial charge in [-0.05, 0) is 40.8 Å². The summed E-state index contributed by atoms with van der Waals surface area (Å²) in [6.07, 6.45) is 0. The van der Waals surface area contributed by atoms with Gasteiger partial charge >= 0.3 is 0 Å². The average molecular weight is 396 g/mol. The van der Waals surface area contributed by atoms with Gasteiger partial charge in [-0.2, -0.15) is 0 Å². The Kier molecular flexibility index (Phi) is 3.70. The molecule has 0 aliphatic carbocycles. The second kappa shape index (κ2) is 4.86. The molecule has 0 saturated heterocycles. The van der Waals surface area contributed by atoms with Crippen molar-refractivity contribution >= 4 is 49.9 Å². The minimum atomic E-state index is 0.447.